The predicted molar refractivity (Wildman–Crippen MR) is 147 cm³/mol. The molecular weight excluding hydrogens is 612 g/mol. The number of nitrogens with two attached hydrogens (primary N) is 1. The third-order valence-corrected chi connectivity index (χ3v) is 7.24. The van der Waals surface area contributed by atoms with Gasteiger partial charge in [0, 0.05) is 16.6 Å². The van der Waals surface area contributed by atoms with E-state index < -0.39 is 25.6 Å². The van der Waals surface area contributed by atoms with Gasteiger partial charge in [-0.1, -0.05) is 28.1 Å². The van der Waals surface area contributed by atoms with Crippen LogP contribution in [0.1, 0.15) is 11.3 Å². The number of nitrogens with one attached hydrogen (secondary N) is 1. The molecule has 0 radical (unpaired) electrons. The van der Waals surface area contributed by atoms with Crippen LogP contribution < -0.4 is 17.1 Å². The minimum atomic E-state index is -1.63. The average molecular weight is 634 g/mol. The molecule has 40 heavy (non-hydrogen) atoms. The lowest BCUT2D eigenvalue weighted by molar-refractivity contribution is 0.136. The molecule has 5 aromatic rings. The Balaban J connectivity index is 1.24. The van der Waals surface area contributed by atoms with Crippen molar-refractivity contribution >= 4 is 41.4 Å². The van der Waals surface area contributed by atoms with E-state index in [9.17, 15) is 14.0 Å². The summed E-state index contributed by atoms with van der Waals surface area (Å²) in [6.45, 7) is 0.660. The van der Waals surface area contributed by atoms with Crippen LogP contribution in [0, 0.1) is 5.82 Å². The van der Waals surface area contributed by atoms with Crippen LogP contribution in [0.5, 0.6) is 0 Å². The van der Waals surface area contributed by atoms with Crippen LogP contribution in [0.25, 0.3) is 22.5 Å². The van der Waals surface area contributed by atoms with Crippen molar-refractivity contribution in [2.75, 3.05) is 18.7 Å². The zero-order chi connectivity index (χ0) is 28.1. The Labute approximate surface area is 234 Å². The topological polar surface area (TPSA) is 161 Å². The second-order valence-electron chi connectivity index (χ2n) is 8.32. The number of hydrogen-bond acceptors (Lipinski definition) is 10. The van der Waals surface area contributed by atoms with Gasteiger partial charge in [0.2, 0.25) is 5.95 Å². The maximum Gasteiger partial charge on any atom is 0.519 e. The van der Waals surface area contributed by atoms with Gasteiger partial charge >= 0.3 is 5.82 Å². The highest BCUT2D eigenvalue weighted by Gasteiger charge is 2.20. The van der Waals surface area contributed by atoms with E-state index >= 15 is 0 Å². The van der Waals surface area contributed by atoms with Gasteiger partial charge in [0.05, 0.1) is 19.5 Å². The molecule has 5 rings (SSSR count). The van der Waals surface area contributed by atoms with Crippen molar-refractivity contribution in [1.82, 2.24) is 19.5 Å². The van der Waals surface area contributed by atoms with Crippen LogP contribution in [0.2, 0.25) is 0 Å². The first-order valence-electron chi connectivity index (χ1n) is 11.8. The van der Waals surface area contributed by atoms with Gasteiger partial charge in [0.15, 0.2) is 31.1 Å². The number of benzene rings is 2. The minimum absolute atomic E-state index is 0.0102. The third kappa shape index (κ3) is 6.90. The van der Waals surface area contributed by atoms with Gasteiger partial charge < -0.3 is 32.9 Å². The molecule has 1 atom stereocenters. The Morgan fingerprint density at radius 2 is 1.90 bits per heavy atom. The highest BCUT2D eigenvalue weighted by molar-refractivity contribution is 9.10. The molecule has 0 saturated heterocycles. The summed E-state index contributed by atoms with van der Waals surface area (Å²) >= 11 is 3.44. The van der Waals surface area contributed by atoms with E-state index in [1.807, 2.05) is 24.3 Å². The molecule has 1 unspecified atom stereocenters. The molecule has 15 heteroatoms. The first kappa shape index (κ1) is 27.9. The molecule has 2 aromatic carbocycles. The van der Waals surface area contributed by atoms with Crippen molar-refractivity contribution in [2.45, 2.75) is 19.8 Å². The van der Waals surface area contributed by atoms with Gasteiger partial charge in [-0.3, -0.25) is 9.78 Å². The van der Waals surface area contributed by atoms with E-state index in [0.717, 1.165) is 10.0 Å². The molecular formula is C25H22BrFN5O7P. The lowest BCUT2D eigenvalue weighted by Gasteiger charge is -2.17. The van der Waals surface area contributed by atoms with Crippen LogP contribution in [0.3, 0.4) is 0 Å². The van der Waals surface area contributed by atoms with Crippen molar-refractivity contribution < 1.29 is 27.0 Å². The first-order valence-corrected chi connectivity index (χ1v) is 14.0. The number of rotatable bonds is 12. The normalized spacial score (nSPS) is 12.2. The number of imidazole rings is 1. The quantitative estimate of drug-likeness (QED) is 0.147. The Kier molecular flexibility index (Phi) is 8.82. The number of fused-ring (bicyclic) bond motifs is 1. The van der Waals surface area contributed by atoms with E-state index in [0.29, 0.717) is 17.8 Å². The number of aromatic amines is 1. The summed E-state index contributed by atoms with van der Waals surface area (Å²) < 4.78 is 44.1. The fraction of sp³-hybridized carbons (Fsp3) is 0.200. The molecule has 0 fully saturated rings. The van der Waals surface area contributed by atoms with Crippen molar-refractivity contribution in [2.24, 2.45) is 0 Å². The molecule has 0 bridgehead atoms. The van der Waals surface area contributed by atoms with E-state index in [1.165, 1.54) is 30.6 Å². The number of hydrogen-bond donors (Lipinski definition) is 2. The second-order valence-corrected chi connectivity index (χ2v) is 10.7. The molecule has 0 spiro atoms. The van der Waals surface area contributed by atoms with Crippen molar-refractivity contribution in [3.8, 4) is 11.3 Å². The maximum absolute atomic E-state index is 13.4. The smallest absolute Gasteiger partial charge is 0.393 e. The lowest BCUT2D eigenvalue weighted by atomic mass is 10.1. The number of anilines is 1. The Morgan fingerprint density at radius 1 is 1.10 bits per heavy atom. The minimum Gasteiger partial charge on any atom is -0.393 e. The number of H-pyrrole nitrogens is 1. The fourth-order valence-corrected chi connectivity index (χ4v) is 5.18. The molecule has 0 aliphatic rings. The highest BCUT2D eigenvalue weighted by atomic mass is 79.9. The molecule has 0 saturated carbocycles. The van der Waals surface area contributed by atoms with Crippen molar-refractivity contribution in [3.63, 3.8) is 0 Å². The SMILES string of the molecule is Nc1nc2c(ncn2CCOCP(OCc2cccc(Br)c2)OCc2oc(=O)oc2-c2ccc(F)cc2)c(=O)[nH]1. The van der Waals surface area contributed by atoms with Gasteiger partial charge in [-0.05, 0) is 42.0 Å². The van der Waals surface area contributed by atoms with E-state index in [4.69, 9.17) is 28.4 Å². The summed E-state index contributed by atoms with van der Waals surface area (Å²) in [6.07, 6.45) is 1.57. The van der Waals surface area contributed by atoms with Crippen LogP contribution in [-0.4, -0.2) is 32.5 Å². The molecule has 3 heterocycles. The van der Waals surface area contributed by atoms with Crippen LogP contribution >= 0.6 is 24.3 Å². The third-order valence-electron chi connectivity index (χ3n) is 5.52. The van der Waals surface area contributed by atoms with Gasteiger partial charge in [-0.2, -0.15) is 4.98 Å². The maximum atomic E-state index is 13.4. The van der Waals surface area contributed by atoms with E-state index in [2.05, 4.69) is 30.9 Å². The van der Waals surface area contributed by atoms with Crippen LogP contribution in [0.4, 0.5) is 10.3 Å². The molecule has 3 aromatic heterocycles. The zero-order valence-corrected chi connectivity index (χ0v) is 23.2. The standard InChI is InChI=1S/C25H22BrFN5O7P/c26-17-3-1-2-15(10-17)11-36-40(14-35-9-8-32-13-29-20-22(32)30-24(28)31-23(20)33)37-12-19-21(39-25(34)38-19)16-4-6-18(27)7-5-16/h1-7,10,13H,8-9,11-12,14H2,(H3,28,30,31,33). The Morgan fingerprint density at radius 3 is 2.70 bits per heavy atom. The molecule has 0 aliphatic carbocycles. The second kappa shape index (κ2) is 12.7. The zero-order valence-electron chi connectivity index (χ0n) is 20.7. The predicted octanol–water partition coefficient (Wildman–Crippen LogP) is 4.54. The lowest BCUT2D eigenvalue weighted by Crippen LogP contribution is -2.13. The average Bonchev–Trinajstić information content (AvgIpc) is 3.51. The van der Waals surface area contributed by atoms with Crippen LogP contribution in [0.15, 0.2) is 77.8 Å². The summed E-state index contributed by atoms with van der Waals surface area (Å²) in [5, 5.41) is 0. The number of halogens is 2. The molecule has 0 aliphatic heterocycles. The fourth-order valence-electron chi connectivity index (χ4n) is 3.68. The number of nitrogens with zero attached hydrogens (tertiary/aromatic N) is 3. The van der Waals surface area contributed by atoms with Crippen LogP contribution in [-0.2, 0) is 33.5 Å². The first-order chi connectivity index (χ1) is 19.4. The molecule has 12 nitrogen and oxygen atoms in total. The summed E-state index contributed by atoms with van der Waals surface area (Å²) in [4.78, 5) is 34.5. The summed E-state index contributed by atoms with van der Waals surface area (Å²) in [5.74, 6) is -1.07. The number of nitrogen functional groups attached to an aromatic ring is 1. The molecule has 3 N–H and O–H groups in total. The van der Waals surface area contributed by atoms with Gasteiger partial charge in [-0.25, -0.2) is 14.2 Å². The largest absolute Gasteiger partial charge is 0.519 e. The molecule has 208 valence electrons. The summed E-state index contributed by atoms with van der Waals surface area (Å²) in [7, 11) is -1.63. The number of aromatic nitrogens is 4. The van der Waals surface area contributed by atoms with Crippen molar-refractivity contribution in [1.29, 1.82) is 0 Å². The summed E-state index contributed by atoms with van der Waals surface area (Å²) in [6, 6.07) is 13.1. The summed E-state index contributed by atoms with van der Waals surface area (Å²) in [5.41, 5.74) is 7.12. The van der Waals surface area contributed by atoms with Gasteiger partial charge in [0.1, 0.15) is 18.8 Å². The Bertz CT molecular complexity index is 1720. The van der Waals surface area contributed by atoms with E-state index in [1.54, 1.807) is 4.57 Å². The monoisotopic (exact) mass is 633 g/mol. The number of ether oxygens (including phenoxy) is 1. The highest BCUT2D eigenvalue weighted by Crippen LogP contribution is 2.41. The van der Waals surface area contributed by atoms with Crippen molar-refractivity contribution in [3.05, 3.63) is 97.4 Å². The van der Waals surface area contributed by atoms with Gasteiger partial charge in [0.25, 0.3) is 5.56 Å². The Hall–Kier alpha value is -3.68. The van der Waals surface area contributed by atoms with Gasteiger partial charge in [-0.15, -0.1) is 0 Å². The molecule has 0 amide bonds. The van der Waals surface area contributed by atoms with E-state index in [-0.39, 0.29) is 49.2 Å².